The summed E-state index contributed by atoms with van der Waals surface area (Å²) in [5.74, 6) is 1.06. The Hall–Kier alpha value is -2.46. The molecule has 1 N–H and O–H groups in total. The van der Waals surface area contributed by atoms with Crippen molar-refractivity contribution in [1.82, 2.24) is 0 Å². The number of ether oxygens (including phenoxy) is 2. The van der Waals surface area contributed by atoms with Gasteiger partial charge in [-0.25, -0.2) is 0 Å². The lowest BCUT2D eigenvalue weighted by molar-refractivity contribution is -0.111. The second-order valence-electron chi connectivity index (χ2n) is 5.37. The molecule has 0 aliphatic carbocycles. The van der Waals surface area contributed by atoms with Gasteiger partial charge in [0.2, 0.25) is 5.91 Å². The molecule has 2 aromatic carbocycles. The number of rotatable bonds is 5. The van der Waals surface area contributed by atoms with Gasteiger partial charge in [0.15, 0.2) is 0 Å². The number of amides is 1. The van der Waals surface area contributed by atoms with Gasteiger partial charge in [-0.05, 0) is 49.2 Å². The van der Waals surface area contributed by atoms with Crippen LogP contribution in [0.15, 0.2) is 36.4 Å². The van der Waals surface area contributed by atoms with Crippen molar-refractivity contribution in [3.63, 3.8) is 0 Å². The van der Waals surface area contributed by atoms with Crippen molar-refractivity contribution in [2.45, 2.75) is 13.8 Å². The predicted molar refractivity (Wildman–Crippen MR) is 98.1 cm³/mol. The summed E-state index contributed by atoms with van der Waals surface area (Å²) in [6.07, 6.45) is 3.13. The molecule has 0 heterocycles. The van der Waals surface area contributed by atoms with E-state index in [1.54, 1.807) is 32.4 Å². The molecular formula is C19H20ClNO3. The van der Waals surface area contributed by atoms with Crippen molar-refractivity contribution in [3.8, 4) is 11.5 Å². The second-order valence-corrected chi connectivity index (χ2v) is 5.78. The third-order valence-electron chi connectivity index (χ3n) is 3.53. The molecule has 0 spiro atoms. The lowest BCUT2D eigenvalue weighted by Gasteiger charge is -2.10. The monoisotopic (exact) mass is 345 g/mol. The van der Waals surface area contributed by atoms with Crippen LogP contribution in [0.5, 0.6) is 11.5 Å². The van der Waals surface area contributed by atoms with Gasteiger partial charge in [0.1, 0.15) is 11.5 Å². The quantitative estimate of drug-likeness (QED) is 0.804. The maximum absolute atomic E-state index is 12.2. The minimum Gasteiger partial charge on any atom is -0.497 e. The summed E-state index contributed by atoms with van der Waals surface area (Å²) in [5.41, 5.74) is 3.37. The molecule has 4 nitrogen and oxygen atoms in total. The molecular weight excluding hydrogens is 326 g/mol. The predicted octanol–water partition coefficient (Wildman–Crippen LogP) is 4.63. The first-order valence-electron chi connectivity index (χ1n) is 7.42. The zero-order valence-electron chi connectivity index (χ0n) is 14.1. The first kappa shape index (κ1) is 17.9. The van der Waals surface area contributed by atoms with Gasteiger partial charge in [-0.3, -0.25) is 4.79 Å². The Balaban J connectivity index is 2.17. The van der Waals surface area contributed by atoms with Crippen LogP contribution >= 0.6 is 11.6 Å². The highest BCUT2D eigenvalue weighted by molar-refractivity contribution is 6.34. The normalized spacial score (nSPS) is 10.7. The molecule has 0 aliphatic heterocycles. The number of halogens is 1. The Bertz CT molecular complexity index is 761. The molecule has 1 amide bonds. The van der Waals surface area contributed by atoms with Crippen molar-refractivity contribution in [1.29, 1.82) is 0 Å². The first-order chi connectivity index (χ1) is 11.4. The van der Waals surface area contributed by atoms with E-state index in [0.29, 0.717) is 22.2 Å². The van der Waals surface area contributed by atoms with Gasteiger partial charge in [0, 0.05) is 17.7 Å². The Morgan fingerprint density at radius 2 is 1.88 bits per heavy atom. The summed E-state index contributed by atoms with van der Waals surface area (Å²) >= 11 is 6.20. The Kier molecular flexibility index (Phi) is 5.88. The van der Waals surface area contributed by atoms with Crippen LogP contribution < -0.4 is 14.8 Å². The largest absolute Gasteiger partial charge is 0.497 e. The third-order valence-corrected chi connectivity index (χ3v) is 3.83. The number of carbonyl (C=O) groups excluding carboxylic acids is 1. The number of nitrogens with one attached hydrogen (secondary N) is 1. The first-order valence-corrected chi connectivity index (χ1v) is 7.80. The highest BCUT2D eigenvalue weighted by atomic mass is 35.5. The Morgan fingerprint density at radius 1 is 1.12 bits per heavy atom. The van der Waals surface area contributed by atoms with E-state index in [0.717, 1.165) is 16.7 Å². The van der Waals surface area contributed by atoms with Crippen molar-refractivity contribution < 1.29 is 14.3 Å². The Morgan fingerprint density at radius 3 is 2.50 bits per heavy atom. The van der Waals surface area contributed by atoms with Gasteiger partial charge >= 0.3 is 0 Å². The molecule has 0 unspecified atom stereocenters. The van der Waals surface area contributed by atoms with Gasteiger partial charge < -0.3 is 14.8 Å². The molecule has 0 aromatic heterocycles. The summed E-state index contributed by atoms with van der Waals surface area (Å²) in [5, 5.41) is 3.34. The summed E-state index contributed by atoms with van der Waals surface area (Å²) < 4.78 is 10.5. The molecule has 2 aromatic rings. The van der Waals surface area contributed by atoms with Gasteiger partial charge in [0.05, 0.1) is 24.9 Å². The number of anilines is 1. The van der Waals surface area contributed by atoms with Crippen LogP contribution in [0.25, 0.3) is 6.08 Å². The molecule has 0 fully saturated rings. The van der Waals surface area contributed by atoms with E-state index in [9.17, 15) is 4.79 Å². The van der Waals surface area contributed by atoms with E-state index in [2.05, 4.69) is 5.32 Å². The maximum atomic E-state index is 12.2. The number of aryl methyl sites for hydroxylation is 2. The number of methoxy groups -OCH3 is 2. The van der Waals surface area contributed by atoms with Crippen LogP contribution in [0, 0.1) is 13.8 Å². The lowest BCUT2D eigenvalue weighted by Crippen LogP contribution is -2.09. The number of benzene rings is 2. The van der Waals surface area contributed by atoms with E-state index in [4.69, 9.17) is 21.1 Å². The van der Waals surface area contributed by atoms with Crippen molar-refractivity contribution in [3.05, 3.63) is 58.1 Å². The number of carbonyl (C=O) groups is 1. The minimum atomic E-state index is -0.262. The summed E-state index contributed by atoms with van der Waals surface area (Å²) in [4.78, 5) is 12.2. The molecule has 0 atom stereocenters. The SMILES string of the molecule is COc1ccc(/C=C/C(=O)Nc2c(C)cc(C)cc2Cl)c(OC)c1. The third kappa shape index (κ3) is 4.30. The molecule has 0 radical (unpaired) electrons. The smallest absolute Gasteiger partial charge is 0.248 e. The molecule has 2 rings (SSSR count). The van der Waals surface area contributed by atoms with Crippen LogP contribution in [-0.4, -0.2) is 20.1 Å². The average molecular weight is 346 g/mol. The van der Waals surface area contributed by atoms with Crippen LogP contribution in [-0.2, 0) is 4.79 Å². The fraction of sp³-hybridized carbons (Fsp3) is 0.211. The van der Waals surface area contributed by atoms with Crippen molar-refractivity contribution >= 4 is 29.3 Å². The minimum absolute atomic E-state index is 0.262. The van der Waals surface area contributed by atoms with Crippen LogP contribution in [0.3, 0.4) is 0 Å². The highest BCUT2D eigenvalue weighted by Crippen LogP contribution is 2.28. The molecule has 5 heteroatoms. The molecule has 0 saturated carbocycles. The fourth-order valence-electron chi connectivity index (χ4n) is 2.36. The summed E-state index contributed by atoms with van der Waals surface area (Å²) in [6.45, 7) is 3.87. The van der Waals surface area contributed by atoms with E-state index < -0.39 is 0 Å². The lowest BCUT2D eigenvalue weighted by atomic mass is 10.1. The van der Waals surface area contributed by atoms with Crippen LogP contribution in [0.4, 0.5) is 5.69 Å². The summed E-state index contributed by atoms with van der Waals surface area (Å²) in [6, 6.07) is 9.18. The number of hydrogen-bond acceptors (Lipinski definition) is 3. The summed E-state index contributed by atoms with van der Waals surface area (Å²) in [7, 11) is 3.16. The topological polar surface area (TPSA) is 47.6 Å². The van der Waals surface area contributed by atoms with E-state index in [1.807, 2.05) is 32.0 Å². The van der Waals surface area contributed by atoms with Gasteiger partial charge in [-0.1, -0.05) is 17.7 Å². The van der Waals surface area contributed by atoms with Crippen LogP contribution in [0.2, 0.25) is 5.02 Å². The molecule has 0 bridgehead atoms. The van der Waals surface area contributed by atoms with Crippen LogP contribution in [0.1, 0.15) is 16.7 Å². The van der Waals surface area contributed by atoms with E-state index in [-0.39, 0.29) is 5.91 Å². The van der Waals surface area contributed by atoms with E-state index >= 15 is 0 Å². The second kappa shape index (κ2) is 7.88. The zero-order chi connectivity index (χ0) is 17.7. The fourth-order valence-corrected chi connectivity index (χ4v) is 2.73. The molecule has 126 valence electrons. The molecule has 0 aliphatic rings. The molecule has 0 saturated heterocycles. The van der Waals surface area contributed by atoms with Gasteiger partial charge in [-0.2, -0.15) is 0 Å². The highest BCUT2D eigenvalue weighted by Gasteiger charge is 2.08. The maximum Gasteiger partial charge on any atom is 0.248 e. The molecule has 24 heavy (non-hydrogen) atoms. The van der Waals surface area contributed by atoms with E-state index in [1.165, 1.54) is 6.08 Å². The average Bonchev–Trinajstić information content (AvgIpc) is 2.56. The zero-order valence-corrected chi connectivity index (χ0v) is 14.9. The van der Waals surface area contributed by atoms with Crippen molar-refractivity contribution in [2.24, 2.45) is 0 Å². The van der Waals surface area contributed by atoms with Gasteiger partial charge in [-0.15, -0.1) is 0 Å². The Labute approximate surface area is 147 Å². The standard InChI is InChI=1S/C19H20ClNO3/c1-12-9-13(2)19(16(20)10-12)21-18(22)8-6-14-5-7-15(23-3)11-17(14)24-4/h5-11H,1-4H3,(H,21,22)/b8-6+. The van der Waals surface area contributed by atoms with Crippen molar-refractivity contribution in [2.75, 3.05) is 19.5 Å². The number of hydrogen-bond donors (Lipinski definition) is 1. The van der Waals surface area contributed by atoms with Gasteiger partial charge in [0.25, 0.3) is 0 Å².